The summed E-state index contributed by atoms with van der Waals surface area (Å²) in [7, 11) is 0. The zero-order valence-electron chi connectivity index (χ0n) is 9.80. The second kappa shape index (κ2) is 5.57. The van der Waals surface area contributed by atoms with E-state index >= 15 is 0 Å². The summed E-state index contributed by atoms with van der Waals surface area (Å²) >= 11 is 1.41. The van der Waals surface area contributed by atoms with Gasteiger partial charge in [-0.05, 0) is 12.3 Å². The highest BCUT2D eigenvalue weighted by Gasteiger charge is 2.25. The number of aliphatic hydroxyl groups excluding tert-OH is 1. The summed E-state index contributed by atoms with van der Waals surface area (Å²) in [6, 6.07) is 0. The van der Waals surface area contributed by atoms with Crippen molar-refractivity contribution in [2.24, 2.45) is 5.92 Å². The average Bonchev–Trinajstić information content (AvgIpc) is 2.76. The molecule has 0 aliphatic carbocycles. The van der Waals surface area contributed by atoms with E-state index in [9.17, 15) is 9.90 Å². The van der Waals surface area contributed by atoms with Gasteiger partial charge < -0.3 is 10.4 Å². The Balaban J connectivity index is 1.79. The highest BCUT2D eigenvalue weighted by Crippen LogP contribution is 2.16. The molecule has 6 heteroatoms. The van der Waals surface area contributed by atoms with Crippen LogP contribution in [0, 0.1) is 5.92 Å². The first kappa shape index (κ1) is 12.5. The number of nitrogens with one attached hydrogen (secondary N) is 1. The van der Waals surface area contributed by atoms with E-state index in [1.807, 2.05) is 12.3 Å². The number of hydrogen-bond acceptors (Lipinski definition) is 5. The Bertz CT molecular complexity index is 369. The van der Waals surface area contributed by atoms with Crippen LogP contribution in [0.4, 0.5) is 5.13 Å². The molecule has 2 rings (SSSR count). The lowest BCUT2D eigenvalue weighted by Crippen LogP contribution is -2.45. The first-order valence-corrected chi connectivity index (χ1v) is 6.63. The molecule has 0 radical (unpaired) electrons. The fraction of sp³-hybridized carbons (Fsp3) is 0.636. The molecular formula is C11H17N3O2S. The highest BCUT2D eigenvalue weighted by atomic mass is 32.1. The molecule has 0 spiro atoms. The fourth-order valence-electron chi connectivity index (χ4n) is 2.01. The Labute approximate surface area is 104 Å². The van der Waals surface area contributed by atoms with Gasteiger partial charge in [0.1, 0.15) is 0 Å². The van der Waals surface area contributed by atoms with Gasteiger partial charge in [0.15, 0.2) is 5.13 Å². The summed E-state index contributed by atoms with van der Waals surface area (Å²) in [5.41, 5.74) is 0. The van der Waals surface area contributed by atoms with Crippen LogP contribution in [0.2, 0.25) is 0 Å². The minimum Gasteiger partial charge on any atom is -0.393 e. The van der Waals surface area contributed by atoms with Gasteiger partial charge in [-0.1, -0.05) is 6.92 Å². The second-order valence-electron chi connectivity index (χ2n) is 4.45. The smallest absolute Gasteiger partial charge is 0.240 e. The van der Waals surface area contributed by atoms with Gasteiger partial charge in [-0.15, -0.1) is 11.3 Å². The lowest BCUT2D eigenvalue weighted by Gasteiger charge is -2.33. The number of piperidine rings is 1. The summed E-state index contributed by atoms with van der Waals surface area (Å²) in [5.74, 6) is 0.194. The Morgan fingerprint density at radius 3 is 3.24 bits per heavy atom. The van der Waals surface area contributed by atoms with Crippen LogP contribution in [0.1, 0.15) is 13.3 Å². The minimum absolute atomic E-state index is 0.0384. The minimum atomic E-state index is -0.228. The zero-order chi connectivity index (χ0) is 12.3. The molecule has 1 aromatic rings. The first-order chi connectivity index (χ1) is 8.15. The van der Waals surface area contributed by atoms with E-state index in [1.54, 1.807) is 6.20 Å². The molecule has 1 aliphatic rings. The van der Waals surface area contributed by atoms with Crippen LogP contribution in [0.5, 0.6) is 0 Å². The van der Waals surface area contributed by atoms with Crippen molar-refractivity contribution in [2.75, 3.05) is 25.0 Å². The van der Waals surface area contributed by atoms with Crippen molar-refractivity contribution >= 4 is 22.4 Å². The molecule has 1 amide bonds. The monoisotopic (exact) mass is 255 g/mol. The Hall–Kier alpha value is -0.980. The third kappa shape index (κ3) is 3.49. The average molecular weight is 255 g/mol. The quantitative estimate of drug-likeness (QED) is 0.838. The van der Waals surface area contributed by atoms with E-state index in [0.29, 0.717) is 11.7 Å². The number of nitrogens with zero attached hydrogens (tertiary/aromatic N) is 2. The van der Waals surface area contributed by atoms with Gasteiger partial charge in [-0.3, -0.25) is 9.69 Å². The van der Waals surface area contributed by atoms with Crippen molar-refractivity contribution in [2.45, 2.75) is 19.4 Å². The molecule has 2 unspecified atom stereocenters. The standard InChI is InChI=1S/C11H17N3O2S/c1-8-6-14(4-2-9(8)15)7-10(16)13-11-12-3-5-17-11/h3,5,8-9,15H,2,4,6-7H2,1H3,(H,12,13,16). The number of carbonyl (C=O) groups excluding carboxylic acids is 1. The molecule has 1 aliphatic heterocycles. The molecule has 0 aromatic carbocycles. The number of hydrogen-bond donors (Lipinski definition) is 2. The predicted molar refractivity (Wildman–Crippen MR) is 67.0 cm³/mol. The predicted octanol–water partition coefficient (Wildman–Crippen LogP) is 0.784. The van der Waals surface area contributed by atoms with Crippen molar-refractivity contribution in [1.82, 2.24) is 9.88 Å². The van der Waals surface area contributed by atoms with Crippen LogP contribution in [0.15, 0.2) is 11.6 Å². The van der Waals surface area contributed by atoms with Crippen LogP contribution in [0.25, 0.3) is 0 Å². The number of carbonyl (C=O) groups is 1. The van der Waals surface area contributed by atoms with Crippen molar-refractivity contribution in [3.05, 3.63) is 11.6 Å². The van der Waals surface area contributed by atoms with Crippen molar-refractivity contribution in [3.8, 4) is 0 Å². The summed E-state index contributed by atoms with van der Waals surface area (Å²) in [5, 5.41) is 14.8. The molecular weight excluding hydrogens is 238 g/mol. The molecule has 1 aromatic heterocycles. The largest absolute Gasteiger partial charge is 0.393 e. The van der Waals surface area contributed by atoms with Gasteiger partial charge in [-0.2, -0.15) is 0 Å². The first-order valence-electron chi connectivity index (χ1n) is 5.75. The van der Waals surface area contributed by atoms with E-state index in [1.165, 1.54) is 11.3 Å². The summed E-state index contributed by atoms with van der Waals surface area (Å²) < 4.78 is 0. The summed E-state index contributed by atoms with van der Waals surface area (Å²) in [6.07, 6.45) is 2.18. The maximum absolute atomic E-state index is 11.7. The van der Waals surface area contributed by atoms with Gasteiger partial charge >= 0.3 is 0 Å². The third-order valence-corrected chi connectivity index (χ3v) is 3.68. The normalized spacial score (nSPS) is 25.8. The SMILES string of the molecule is CC1CN(CC(=O)Nc2nccs2)CCC1O. The fourth-order valence-corrected chi connectivity index (χ4v) is 2.56. The van der Waals surface area contributed by atoms with E-state index in [-0.39, 0.29) is 17.9 Å². The lowest BCUT2D eigenvalue weighted by molar-refractivity contribution is -0.118. The molecule has 5 nitrogen and oxygen atoms in total. The number of anilines is 1. The lowest BCUT2D eigenvalue weighted by atomic mass is 9.97. The number of rotatable bonds is 3. The molecule has 2 heterocycles. The third-order valence-electron chi connectivity index (χ3n) is 2.99. The highest BCUT2D eigenvalue weighted by molar-refractivity contribution is 7.13. The molecule has 17 heavy (non-hydrogen) atoms. The maximum atomic E-state index is 11.7. The topological polar surface area (TPSA) is 65.5 Å². The molecule has 2 N–H and O–H groups in total. The van der Waals surface area contributed by atoms with E-state index < -0.39 is 0 Å². The molecule has 2 atom stereocenters. The summed E-state index contributed by atoms with van der Waals surface area (Å²) in [4.78, 5) is 17.8. The summed E-state index contributed by atoms with van der Waals surface area (Å²) in [6.45, 7) is 3.93. The number of likely N-dealkylation sites (tertiary alicyclic amines) is 1. The number of aromatic nitrogens is 1. The molecule has 1 fully saturated rings. The van der Waals surface area contributed by atoms with E-state index in [0.717, 1.165) is 19.5 Å². The van der Waals surface area contributed by atoms with Gasteiger partial charge in [0, 0.05) is 24.7 Å². The van der Waals surface area contributed by atoms with Crippen molar-refractivity contribution < 1.29 is 9.90 Å². The number of thiazole rings is 1. The van der Waals surface area contributed by atoms with Crippen molar-refractivity contribution in [3.63, 3.8) is 0 Å². The van der Waals surface area contributed by atoms with E-state index in [4.69, 9.17) is 0 Å². The molecule has 1 saturated heterocycles. The Kier molecular flexibility index (Phi) is 4.09. The van der Waals surface area contributed by atoms with Gasteiger partial charge in [0.25, 0.3) is 0 Å². The van der Waals surface area contributed by atoms with Crippen LogP contribution in [0.3, 0.4) is 0 Å². The Morgan fingerprint density at radius 1 is 1.76 bits per heavy atom. The van der Waals surface area contributed by atoms with E-state index in [2.05, 4.69) is 15.2 Å². The van der Waals surface area contributed by atoms with Crippen LogP contribution in [-0.2, 0) is 4.79 Å². The van der Waals surface area contributed by atoms with Gasteiger partial charge in [0.2, 0.25) is 5.91 Å². The van der Waals surface area contributed by atoms with Crippen LogP contribution < -0.4 is 5.32 Å². The second-order valence-corrected chi connectivity index (χ2v) is 5.35. The van der Waals surface area contributed by atoms with Gasteiger partial charge in [0.05, 0.1) is 12.6 Å². The molecule has 0 bridgehead atoms. The van der Waals surface area contributed by atoms with Crippen LogP contribution in [-0.4, -0.2) is 46.6 Å². The molecule has 94 valence electrons. The van der Waals surface area contributed by atoms with Crippen LogP contribution >= 0.6 is 11.3 Å². The van der Waals surface area contributed by atoms with Crippen molar-refractivity contribution in [1.29, 1.82) is 0 Å². The number of aliphatic hydroxyl groups is 1. The Morgan fingerprint density at radius 2 is 2.59 bits per heavy atom. The zero-order valence-corrected chi connectivity index (χ0v) is 10.6. The molecule has 0 saturated carbocycles. The number of amides is 1. The van der Waals surface area contributed by atoms with Gasteiger partial charge in [-0.25, -0.2) is 4.98 Å². The maximum Gasteiger partial charge on any atom is 0.240 e.